The third kappa shape index (κ3) is 3.58. The number of carbonyl (C=O) groups is 2. The monoisotopic (exact) mass is 312 g/mol. The third-order valence-corrected chi connectivity index (χ3v) is 4.68. The van der Waals surface area contributed by atoms with Crippen LogP contribution in [0.15, 0.2) is 5.38 Å². The van der Waals surface area contributed by atoms with Gasteiger partial charge in [0.05, 0.1) is 6.04 Å². The van der Waals surface area contributed by atoms with Gasteiger partial charge in [-0.05, 0) is 13.8 Å². The number of nitrogens with zero attached hydrogens (tertiary/aromatic N) is 3. The number of piperazine rings is 1. The molecule has 0 aromatic carbocycles. The van der Waals surface area contributed by atoms with Gasteiger partial charge in [-0.15, -0.1) is 11.3 Å². The molecule has 1 amide bonds. The van der Waals surface area contributed by atoms with Crippen LogP contribution in [0.25, 0.3) is 0 Å². The molecule has 0 saturated carbocycles. The summed E-state index contributed by atoms with van der Waals surface area (Å²) >= 11 is 1.39. The number of hydrogen-bond donors (Lipinski definition) is 2. The van der Waals surface area contributed by atoms with Crippen LogP contribution in [-0.2, 0) is 4.79 Å². The van der Waals surface area contributed by atoms with Crippen LogP contribution >= 0.6 is 11.3 Å². The van der Waals surface area contributed by atoms with E-state index in [1.165, 1.54) is 11.3 Å². The van der Waals surface area contributed by atoms with Crippen molar-refractivity contribution >= 4 is 23.2 Å². The molecule has 21 heavy (non-hydrogen) atoms. The van der Waals surface area contributed by atoms with Crippen molar-refractivity contribution in [3.05, 3.63) is 16.1 Å². The lowest BCUT2D eigenvalue weighted by Gasteiger charge is -2.36. The molecule has 2 atom stereocenters. The van der Waals surface area contributed by atoms with Crippen LogP contribution in [0.1, 0.15) is 35.4 Å². The van der Waals surface area contributed by atoms with Gasteiger partial charge >= 0.3 is 5.97 Å². The molecule has 1 saturated heterocycles. The van der Waals surface area contributed by atoms with E-state index in [0.717, 1.165) is 5.01 Å². The lowest BCUT2D eigenvalue weighted by Crippen LogP contribution is -2.53. The molecule has 1 aliphatic rings. The molecule has 0 aliphatic carbocycles. The summed E-state index contributed by atoms with van der Waals surface area (Å²) in [5.74, 6) is -0.948. The number of aromatic nitrogens is 1. The van der Waals surface area contributed by atoms with Gasteiger partial charge in [0, 0.05) is 31.6 Å². The van der Waals surface area contributed by atoms with Gasteiger partial charge in [0.1, 0.15) is 16.7 Å². The lowest BCUT2D eigenvalue weighted by molar-refractivity contribution is -0.143. The van der Waals surface area contributed by atoms with Gasteiger partial charge in [-0.1, -0.05) is 0 Å². The quantitative estimate of drug-likeness (QED) is 0.834. The molecule has 1 aromatic rings. The van der Waals surface area contributed by atoms with E-state index in [1.807, 2.05) is 11.8 Å². The Kier molecular flexibility index (Phi) is 4.92. The van der Waals surface area contributed by atoms with Crippen LogP contribution in [0.3, 0.4) is 0 Å². The number of nitrogens with two attached hydrogens (primary N) is 1. The third-order valence-electron chi connectivity index (χ3n) is 3.64. The first-order valence-corrected chi connectivity index (χ1v) is 7.75. The summed E-state index contributed by atoms with van der Waals surface area (Å²) in [6, 6.07) is -0.698. The van der Waals surface area contributed by atoms with E-state index in [2.05, 4.69) is 4.98 Å². The molecule has 116 valence electrons. The zero-order valence-corrected chi connectivity index (χ0v) is 13.0. The fourth-order valence-corrected chi connectivity index (χ4v) is 2.98. The van der Waals surface area contributed by atoms with Crippen LogP contribution in [0.5, 0.6) is 0 Å². The summed E-state index contributed by atoms with van der Waals surface area (Å²) in [7, 11) is 0. The van der Waals surface area contributed by atoms with Gasteiger partial charge in [0.25, 0.3) is 5.91 Å². The Morgan fingerprint density at radius 1 is 1.33 bits per heavy atom. The Bertz CT molecular complexity index is 523. The molecule has 2 heterocycles. The molecule has 2 unspecified atom stereocenters. The Labute approximate surface area is 127 Å². The Hall–Kier alpha value is -1.51. The second-order valence-electron chi connectivity index (χ2n) is 5.20. The van der Waals surface area contributed by atoms with Crippen LogP contribution in [0.4, 0.5) is 0 Å². The maximum Gasteiger partial charge on any atom is 0.320 e. The Balaban J connectivity index is 1.95. The van der Waals surface area contributed by atoms with Gasteiger partial charge in [-0.3, -0.25) is 14.5 Å². The molecule has 0 spiro atoms. The van der Waals surface area contributed by atoms with Gasteiger partial charge in [0.15, 0.2) is 0 Å². The number of thiazole rings is 1. The standard InChI is InChI=1S/C13H20N4O3S/c1-8(14)11-15-10(7-21-11)12(18)17-5-3-16(4-6-17)9(2)13(19)20/h7-9H,3-6,14H2,1-2H3,(H,19,20). The second kappa shape index (κ2) is 6.50. The molecular formula is C13H20N4O3S. The SMILES string of the molecule is CC(N)c1nc(C(=O)N2CCN(C(C)C(=O)O)CC2)cs1. The summed E-state index contributed by atoms with van der Waals surface area (Å²) in [6.07, 6.45) is 0. The van der Waals surface area contributed by atoms with Gasteiger partial charge in [0.2, 0.25) is 0 Å². The lowest BCUT2D eigenvalue weighted by atomic mass is 10.2. The first-order chi connectivity index (χ1) is 9.90. The van der Waals surface area contributed by atoms with Crippen molar-refractivity contribution in [2.24, 2.45) is 5.73 Å². The van der Waals surface area contributed by atoms with Crippen LogP contribution in [-0.4, -0.2) is 64.0 Å². The van der Waals surface area contributed by atoms with E-state index in [0.29, 0.717) is 31.9 Å². The summed E-state index contributed by atoms with van der Waals surface area (Å²) in [5, 5.41) is 11.5. The molecule has 2 rings (SSSR count). The van der Waals surface area contributed by atoms with Crippen molar-refractivity contribution < 1.29 is 14.7 Å². The van der Waals surface area contributed by atoms with Crippen LogP contribution in [0, 0.1) is 0 Å². The minimum Gasteiger partial charge on any atom is -0.480 e. The second-order valence-corrected chi connectivity index (χ2v) is 6.09. The van der Waals surface area contributed by atoms with Crippen molar-refractivity contribution in [3.8, 4) is 0 Å². The van der Waals surface area contributed by atoms with Crippen molar-refractivity contribution in [1.29, 1.82) is 0 Å². The van der Waals surface area contributed by atoms with E-state index in [-0.39, 0.29) is 11.9 Å². The smallest absolute Gasteiger partial charge is 0.320 e. The van der Waals surface area contributed by atoms with E-state index in [9.17, 15) is 9.59 Å². The molecule has 1 fully saturated rings. The largest absolute Gasteiger partial charge is 0.480 e. The average molecular weight is 312 g/mol. The molecule has 8 heteroatoms. The van der Waals surface area contributed by atoms with E-state index in [4.69, 9.17) is 10.8 Å². The molecule has 0 radical (unpaired) electrons. The van der Waals surface area contributed by atoms with Gasteiger partial charge in [-0.25, -0.2) is 4.98 Å². The van der Waals surface area contributed by atoms with Crippen molar-refractivity contribution in [2.45, 2.75) is 25.9 Å². The van der Waals surface area contributed by atoms with Crippen molar-refractivity contribution in [3.63, 3.8) is 0 Å². The predicted molar refractivity (Wildman–Crippen MR) is 79.3 cm³/mol. The summed E-state index contributed by atoms with van der Waals surface area (Å²) in [5.41, 5.74) is 6.17. The highest BCUT2D eigenvalue weighted by molar-refractivity contribution is 7.09. The summed E-state index contributed by atoms with van der Waals surface area (Å²) < 4.78 is 0. The number of hydrogen-bond acceptors (Lipinski definition) is 6. The van der Waals surface area contributed by atoms with E-state index in [1.54, 1.807) is 17.2 Å². The maximum absolute atomic E-state index is 12.3. The Morgan fingerprint density at radius 2 is 1.95 bits per heavy atom. The molecule has 3 N–H and O–H groups in total. The number of carbonyl (C=O) groups excluding carboxylic acids is 1. The minimum atomic E-state index is -0.837. The fourth-order valence-electron chi connectivity index (χ4n) is 2.23. The highest BCUT2D eigenvalue weighted by atomic mass is 32.1. The van der Waals surface area contributed by atoms with Crippen LogP contribution < -0.4 is 5.73 Å². The highest BCUT2D eigenvalue weighted by Gasteiger charge is 2.28. The zero-order valence-electron chi connectivity index (χ0n) is 12.2. The van der Waals surface area contributed by atoms with Crippen molar-refractivity contribution in [1.82, 2.24) is 14.8 Å². The summed E-state index contributed by atoms with van der Waals surface area (Å²) in [6.45, 7) is 5.64. The predicted octanol–water partition coefficient (Wildman–Crippen LogP) is 0.394. The number of amides is 1. The number of aliphatic carboxylic acids is 1. The topological polar surface area (TPSA) is 99.8 Å². The van der Waals surface area contributed by atoms with E-state index < -0.39 is 12.0 Å². The number of carboxylic acid groups (broad SMARTS) is 1. The van der Waals surface area contributed by atoms with Crippen LogP contribution in [0.2, 0.25) is 0 Å². The normalized spacial score (nSPS) is 19.3. The minimum absolute atomic E-state index is 0.110. The number of carboxylic acids is 1. The maximum atomic E-state index is 12.3. The van der Waals surface area contributed by atoms with Crippen molar-refractivity contribution in [2.75, 3.05) is 26.2 Å². The molecule has 0 bridgehead atoms. The molecular weight excluding hydrogens is 292 g/mol. The molecule has 7 nitrogen and oxygen atoms in total. The van der Waals surface area contributed by atoms with Gasteiger partial charge < -0.3 is 15.7 Å². The Morgan fingerprint density at radius 3 is 2.43 bits per heavy atom. The zero-order chi connectivity index (χ0) is 15.6. The fraction of sp³-hybridized carbons (Fsp3) is 0.615. The average Bonchev–Trinajstić information content (AvgIpc) is 2.96. The number of rotatable bonds is 4. The first-order valence-electron chi connectivity index (χ1n) is 6.87. The van der Waals surface area contributed by atoms with E-state index >= 15 is 0 Å². The first kappa shape index (κ1) is 15.9. The van der Waals surface area contributed by atoms with Gasteiger partial charge in [-0.2, -0.15) is 0 Å². The summed E-state index contributed by atoms with van der Waals surface area (Å²) in [4.78, 5) is 31.1. The molecule has 1 aromatic heterocycles. The molecule has 1 aliphatic heterocycles. The highest BCUT2D eigenvalue weighted by Crippen LogP contribution is 2.18.